The molecule has 0 bridgehead atoms. The molecule has 3 N–H and O–H groups in total. The zero-order valence-corrected chi connectivity index (χ0v) is 10.8. The normalized spacial score (nSPS) is 22.9. The number of aliphatic carboxylic acids is 1. The molecular weight excluding hydrogens is 222 g/mol. The average Bonchev–Trinajstić information content (AvgIpc) is 2.56. The summed E-state index contributed by atoms with van der Waals surface area (Å²) in [6.07, 6.45) is -1.37. The van der Waals surface area contributed by atoms with E-state index in [-0.39, 0.29) is 35.6 Å². The van der Waals surface area contributed by atoms with Crippen LogP contribution in [0.25, 0.3) is 0 Å². The van der Waals surface area contributed by atoms with E-state index in [1.807, 2.05) is 27.7 Å². The molecule has 1 aliphatic carbocycles. The van der Waals surface area contributed by atoms with Crippen LogP contribution in [0.15, 0.2) is 0 Å². The Hall–Kier alpha value is -1.10. The minimum absolute atomic E-state index is 0.0253. The lowest BCUT2D eigenvalue weighted by Gasteiger charge is -2.08. The molecule has 5 heteroatoms. The van der Waals surface area contributed by atoms with Gasteiger partial charge >= 0.3 is 5.97 Å². The predicted molar refractivity (Wildman–Crippen MR) is 62.3 cm³/mol. The molecule has 0 unspecified atom stereocenters. The first-order chi connectivity index (χ1) is 7.62. The summed E-state index contributed by atoms with van der Waals surface area (Å²) in [7, 11) is 0. The van der Waals surface area contributed by atoms with Crippen molar-refractivity contribution in [2.45, 2.75) is 40.2 Å². The van der Waals surface area contributed by atoms with E-state index >= 15 is 0 Å². The van der Waals surface area contributed by atoms with Gasteiger partial charge in [0.05, 0.1) is 0 Å². The molecule has 17 heavy (non-hydrogen) atoms. The Morgan fingerprint density at radius 2 is 1.71 bits per heavy atom. The Morgan fingerprint density at radius 1 is 1.24 bits per heavy atom. The molecule has 1 atom stereocenters. The lowest BCUT2D eigenvalue weighted by Crippen LogP contribution is -2.32. The molecule has 1 aliphatic rings. The van der Waals surface area contributed by atoms with Crippen LogP contribution in [0, 0.1) is 16.7 Å². The van der Waals surface area contributed by atoms with Crippen LogP contribution in [0.2, 0.25) is 0 Å². The van der Waals surface area contributed by atoms with Crippen LogP contribution in [0.1, 0.15) is 34.1 Å². The van der Waals surface area contributed by atoms with Crippen LogP contribution in [0.3, 0.4) is 0 Å². The zero-order valence-electron chi connectivity index (χ0n) is 10.8. The number of hydrogen-bond acceptors (Lipinski definition) is 3. The maximum atomic E-state index is 11.8. The molecule has 0 aliphatic heterocycles. The van der Waals surface area contributed by atoms with Gasteiger partial charge in [0.1, 0.15) is 0 Å². The van der Waals surface area contributed by atoms with Crippen molar-refractivity contribution < 1.29 is 19.8 Å². The van der Waals surface area contributed by atoms with Gasteiger partial charge in [0.2, 0.25) is 5.91 Å². The van der Waals surface area contributed by atoms with Gasteiger partial charge in [-0.2, -0.15) is 0 Å². The van der Waals surface area contributed by atoms with Crippen molar-refractivity contribution in [3.8, 4) is 0 Å². The van der Waals surface area contributed by atoms with Gasteiger partial charge in [0.15, 0.2) is 6.10 Å². The quantitative estimate of drug-likeness (QED) is 0.660. The molecule has 0 spiro atoms. The van der Waals surface area contributed by atoms with E-state index in [2.05, 4.69) is 5.32 Å². The highest BCUT2D eigenvalue weighted by molar-refractivity contribution is 5.84. The molecule has 1 saturated carbocycles. The van der Waals surface area contributed by atoms with Crippen molar-refractivity contribution in [1.29, 1.82) is 0 Å². The van der Waals surface area contributed by atoms with Gasteiger partial charge < -0.3 is 15.5 Å². The van der Waals surface area contributed by atoms with E-state index in [0.717, 1.165) is 0 Å². The summed E-state index contributed by atoms with van der Waals surface area (Å²) in [4.78, 5) is 22.2. The van der Waals surface area contributed by atoms with E-state index in [0.29, 0.717) is 0 Å². The number of carbonyl (C=O) groups excluding carboxylic acids is 1. The number of nitrogens with one attached hydrogen (secondary N) is 1. The highest BCUT2D eigenvalue weighted by Crippen LogP contribution is 2.68. The fourth-order valence-corrected chi connectivity index (χ4v) is 2.41. The van der Waals surface area contributed by atoms with Crippen molar-refractivity contribution >= 4 is 11.9 Å². The molecule has 0 radical (unpaired) electrons. The summed E-state index contributed by atoms with van der Waals surface area (Å²) < 4.78 is 0. The Morgan fingerprint density at radius 3 is 2.06 bits per heavy atom. The number of carboxylic acid groups (broad SMARTS) is 1. The van der Waals surface area contributed by atoms with E-state index < -0.39 is 12.1 Å². The number of rotatable bonds is 5. The van der Waals surface area contributed by atoms with E-state index in [4.69, 9.17) is 10.2 Å². The zero-order chi connectivity index (χ0) is 13.4. The van der Waals surface area contributed by atoms with E-state index in [9.17, 15) is 9.59 Å². The minimum Gasteiger partial charge on any atom is -0.479 e. The largest absolute Gasteiger partial charge is 0.479 e. The van der Waals surface area contributed by atoms with Crippen LogP contribution in [-0.2, 0) is 9.59 Å². The fourth-order valence-electron chi connectivity index (χ4n) is 2.41. The second-order valence-corrected chi connectivity index (χ2v) is 5.81. The van der Waals surface area contributed by atoms with Gasteiger partial charge in [-0.25, -0.2) is 4.79 Å². The number of aliphatic hydroxyl groups is 1. The summed E-state index contributed by atoms with van der Waals surface area (Å²) in [5, 5.41) is 20.2. The Balaban J connectivity index is 2.36. The van der Waals surface area contributed by atoms with Gasteiger partial charge in [-0.3, -0.25) is 4.79 Å². The van der Waals surface area contributed by atoms with Crippen LogP contribution < -0.4 is 5.32 Å². The van der Waals surface area contributed by atoms with Crippen molar-refractivity contribution in [2.75, 3.05) is 6.54 Å². The topological polar surface area (TPSA) is 86.6 Å². The summed E-state index contributed by atoms with van der Waals surface area (Å²) in [6, 6.07) is 0. The molecule has 0 aromatic heterocycles. The van der Waals surface area contributed by atoms with Gasteiger partial charge in [0.25, 0.3) is 0 Å². The van der Waals surface area contributed by atoms with Gasteiger partial charge in [-0.05, 0) is 10.8 Å². The van der Waals surface area contributed by atoms with Gasteiger partial charge in [0, 0.05) is 18.9 Å². The number of carboxylic acids is 1. The van der Waals surface area contributed by atoms with Gasteiger partial charge in [-0.15, -0.1) is 0 Å². The first kappa shape index (κ1) is 14.0. The third-order valence-corrected chi connectivity index (χ3v) is 4.28. The molecule has 0 heterocycles. The lowest BCUT2D eigenvalue weighted by molar-refractivity contribution is -0.147. The summed E-state index contributed by atoms with van der Waals surface area (Å²) >= 11 is 0. The van der Waals surface area contributed by atoms with Crippen molar-refractivity contribution in [2.24, 2.45) is 16.7 Å². The summed E-state index contributed by atoms with van der Waals surface area (Å²) in [5.74, 6) is -1.36. The third kappa shape index (κ3) is 2.44. The van der Waals surface area contributed by atoms with E-state index in [1.54, 1.807) is 0 Å². The number of carbonyl (C=O) groups is 2. The highest BCUT2D eigenvalue weighted by Gasteiger charge is 2.68. The SMILES string of the molecule is CC1(C)C(C(=O)NCC[C@H](O)C(=O)O)C1(C)C. The average molecular weight is 243 g/mol. The van der Waals surface area contributed by atoms with Crippen molar-refractivity contribution in [3.05, 3.63) is 0 Å². The van der Waals surface area contributed by atoms with Crippen LogP contribution in [-0.4, -0.2) is 34.7 Å². The molecule has 1 rings (SSSR count). The molecule has 1 fully saturated rings. The molecular formula is C12H21NO4. The number of amides is 1. The van der Waals surface area contributed by atoms with Crippen LogP contribution in [0.4, 0.5) is 0 Å². The Labute approximate surface area is 101 Å². The molecule has 98 valence electrons. The summed E-state index contributed by atoms with van der Waals surface area (Å²) in [5.41, 5.74) is -0.0506. The van der Waals surface area contributed by atoms with Crippen molar-refractivity contribution in [1.82, 2.24) is 5.32 Å². The standard InChI is InChI=1S/C12H21NO4/c1-11(2)8(12(11,3)4)9(15)13-6-5-7(14)10(16)17/h7-8,14H,5-6H2,1-4H3,(H,13,15)(H,16,17)/t7-/m0/s1. The monoisotopic (exact) mass is 243 g/mol. The molecule has 5 nitrogen and oxygen atoms in total. The van der Waals surface area contributed by atoms with Crippen molar-refractivity contribution in [3.63, 3.8) is 0 Å². The Bertz CT molecular complexity index is 321. The van der Waals surface area contributed by atoms with Crippen LogP contribution >= 0.6 is 0 Å². The van der Waals surface area contributed by atoms with Gasteiger partial charge in [-0.1, -0.05) is 27.7 Å². The second-order valence-electron chi connectivity index (χ2n) is 5.81. The molecule has 0 aromatic rings. The number of hydrogen-bond donors (Lipinski definition) is 3. The first-order valence-corrected chi connectivity index (χ1v) is 5.81. The maximum Gasteiger partial charge on any atom is 0.332 e. The van der Waals surface area contributed by atoms with Crippen LogP contribution in [0.5, 0.6) is 0 Å². The number of aliphatic hydroxyl groups excluding tert-OH is 1. The van der Waals surface area contributed by atoms with E-state index in [1.165, 1.54) is 0 Å². The molecule has 1 amide bonds. The Kier molecular flexibility index (Phi) is 3.52. The second kappa shape index (κ2) is 4.29. The molecule has 0 saturated heterocycles. The lowest BCUT2D eigenvalue weighted by atomic mass is 10.0. The summed E-state index contributed by atoms with van der Waals surface area (Å²) in [6.45, 7) is 8.37. The fraction of sp³-hybridized carbons (Fsp3) is 0.833. The minimum atomic E-state index is -1.41. The smallest absolute Gasteiger partial charge is 0.332 e. The first-order valence-electron chi connectivity index (χ1n) is 5.81. The highest BCUT2D eigenvalue weighted by atomic mass is 16.4. The molecule has 0 aromatic carbocycles. The predicted octanol–water partition coefficient (Wildman–Crippen LogP) is 0.620. The third-order valence-electron chi connectivity index (χ3n) is 4.28. The maximum absolute atomic E-state index is 11.8.